The predicted molar refractivity (Wildman–Crippen MR) is 92.2 cm³/mol. The summed E-state index contributed by atoms with van der Waals surface area (Å²) in [5, 5.41) is 11.4. The van der Waals surface area contributed by atoms with E-state index in [2.05, 4.69) is 0 Å². The van der Waals surface area contributed by atoms with Crippen LogP contribution >= 0.6 is 31.0 Å². The highest BCUT2D eigenvalue weighted by molar-refractivity contribution is 7.49. The van der Waals surface area contributed by atoms with Crippen molar-refractivity contribution in [2.24, 2.45) is 0 Å². The van der Waals surface area contributed by atoms with Crippen LogP contribution in [0.25, 0.3) is 0 Å². The summed E-state index contributed by atoms with van der Waals surface area (Å²) in [6, 6.07) is 10.1. The molecule has 1 fully saturated rings. The molecule has 0 aromatic heterocycles. The van der Waals surface area contributed by atoms with Crippen molar-refractivity contribution in [3.05, 3.63) is 68.2 Å². The van der Waals surface area contributed by atoms with Gasteiger partial charge < -0.3 is 4.52 Å². The van der Waals surface area contributed by atoms with Gasteiger partial charge in [-0.1, -0.05) is 29.3 Å². The molecule has 1 heterocycles. The van der Waals surface area contributed by atoms with Crippen molar-refractivity contribution >= 4 is 36.7 Å². The molecule has 0 spiro atoms. The molecule has 0 amide bonds. The Bertz CT molecular complexity index is 844. The average Bonchev–Trinajstić information content (AvgIpc) is 2.57. The summed E-state index contributed by atoms with van der Waals surface area (Å²) >= 11 is 11.9. The summed E-state index contributed by atoms with van der Waals surface area (Å²) in [5.41, 5.74) is 0.593. The Morgan fingerprint density at radius 2 is 1.88 bits per heavy atom. The zero-order valence-corrected chi connectivity index (χ0v) is 15.0. The number of nitro benzene ring substituents is 1. The van der Waals surface area contributed by atoms with Gasteiger partial charge >= 0.3 is 7.82 Å². The monoisotopic (exact) mass is 403 g/mol. The Balaban J connectivity index is 1.75. The number of phosphoric acid groups is 1. The summed E-state index contributed by atoms with van der Waals surface area (Å²) in [6.07, 6.45) is -0.0710. The van der Waals surface area contributed by atoms with Gasteiger partial charge in [-0.15, -0.1) is 0 Å². The molecule has 1 aliphatic heterocycles. The molecule has 0 aliphatic carbocycles. The van der Waals surface area contributed by atoms with Crippen molar-refractivity contribution in [2.45, 2.75) is 12.5 Å². The summed E-state index contributed by atoms with van der Waals surface area (Å²) in [6.45, 7) is 0.162. The quantitative estimate of drug-likeness (QED) is 0.376. The Labute approximate surface area is 153 Å². The van der Waals surface area contributed by atoms with Crippen LogP contribution in [-0.4, -0.2) is 11.5 Å². The topological polar surface area (TPSA) is 87.9 Å². The molecule has 2 atom stereocenters. The maximum atomic E-state index is 12.7. The number of nitro groups is 1. The first-order valence-electron chi connectivity index (χ1n) is 7.18. The fraction of sp³-hybridized carbons (Fsp3) is 0.200. The van der Waals surface area contributed by atoms with Crippen molar-refractivity contribution in [3.63, 3.8) is 0 Å². The number of hydrogen-bond acceptors (Lipinski definition) is 6. The van der Waals surface area contributed by atoms with E-state index >= 15 is 0 Å². The first-order chi connectivity index (χ1) is 11.9. The molecule has 10 heteroatoms. The molecule has 2 aromatic carbocycles. The first kappa shape index (κ1) is 18.2. The van der Waals surface area contributed by atoms with Crippen LogP contribution in [0, 0.1) is 10.1 Å². The lowest BCUT2D eigenvalue weighted by molar-refractivity contribution is -0.384. The molecule has 7 nitrogen and oxygen atoms in total. The maximum absolute atomic E-state index is 12.7. The van der Waals surface area contributed by atoms with E-state index in [0.29, 0.717) is 22.0 Å². The van der Waals surface area contributed by atoms with Gasteiger partial charge in [0.25, 0.3) is 5.69 Å². The van der Waals surface area contributed by atoms with E-state index in [1.54, 1.807) is 18.2 Å². The van der Waals surface area contributed by atoms with Gasteiger partial charge in [-0.3, -0.25) is 19.2 Å². The molecule has 0 N–H and O–H groups in total. The molecule has 3 rings (SSSR count). The van der Waals surface area contributed by atoms with Gasteiger partial charge in [-0.2, -0.15) is 0 Å². The lowest BCUT2D eigenvalue weighted by Crippen LogP contribution is -2.16. The van der Waals surface area contributed by atoms with Gasteiger partial charge in [0.2, 0.25) is 0 Å². The van der Waals surface area contributed by atoms with Gasteiger partial charge in [-0.05, 0) is 29.8 Å². The number of nitrogens with zero attached hydrogens (tertiary/aromatic N) is 1. The molecule has 0 saturated carbocycles. The fourth-order valence-electron chi connectivity index (χ4n) is 2.26. The van der Waals surface area contributed by atoms with Crippen LogP contribution in [0.2, 0.25) is 10.0 Å². The van der Waals surface area contributed by atoms with Crippen molar-refractivity contribution in [3.8, 4) is 5.75 Å². The second-order valence-corrected chi connectivity index (χ2v) is 7.54. The smallest absolute Gasteiger partial charge is 0.404 e. The number of rotatable bonds is 4. The fourth-order valence-corrected chi connectivity index (χ4v) is 3.97. The van der Waals surface area contributed by atoms with Gasteiger partial charge in [0.05, 0.1) is 27.7 Å². The number of hydrogen-bond donors (Lipinski definition) is 0. The van der Waals surface area contributed by atoms with E-state index in [4.69, 9.17) is 36.8 Å². The van der Waals surface area contributed by atoms with Crippen molar-refractivity contribution in [2.75, 3.05) is 6.61 Å². The van der Waals surface area contributed by atoms with Crippen LogP contribution in [0.3, 0.4) is 0 Å². The molecule has 132 valence electrons. The second-order valence-electron chi connectivity index (χ2n) is 5.18. The van der Waals surface area contributed by atoms with E-state index in [1.165, 1.54) is 24.3 Å². The van der Waals surface area contributed by atoms with E-state index in [0.717, 1.165) is 0 Å². The SMILES string of the molecule is O=[N+]([O-])c1ccc(OP2(=O)OCC[C@H](c3ccc(Cl)c(Cl)c3)O2)cc1. The molecule has 1 saturated heterocycles. The third-order valence-corrected chi connectivity index (χ3v) is 5.65. The van der Waals surface area contributed by atoms with Crippen molar-refractivity contribution in [1.82, 2.24) is 0 Å². The lowest BCUT2D eigenvalue weighted by atomic mass is 10.1. The minimum Gasteiger partial charge on any atom is -0.404 e. The Hall–Kier alpha value is -1.63. The highest BCUT2D eigenvalue weighted by Gasteiger charge is 2.37. The van der Waals surface area contributed by atoms with Gasteiger partial charge in [0.15, 0.2) is 0 Å². The standard InChI is InChI=1S/C15H12Cl2NO6P/c16-13-6-1-10(9-14(13)17)15-7-8-22-25(21,24-15)23-12-4-2-11(3-5-12)18(19)20/h1-6,9,15H,7-8H2/t15-,25?/m1/s1. The Kier molecular flexibility index (Phi) is 5.32. The largest absolute Gasteiger partial charge is 0.530 e. The third kappa shape index (κ3) is 4.32. The van der Waals surface area contributed by atoms with E-state index < -0.39 is 18.8 Å². The van der Waals surface area contributed by atoms with Crippen LogP contribution in [0.4, 0.5) is 5.69 Å². The second kappa shape index (κ2) is 7.32. The molecule has 2 aromatic rings. The highest BCUT2D eigenvalue weighted by atomic mass is 35.5. The Morgan fingerprint density at radius 3 is 2.52 bits per heavy atom. The molecule has 25 heavy (non-hydrogen) atoms. The zero-order valence-electron chi connectivity index (χ0n) is 12.6. The molecule has 1 unspecified atom stereocenters. The van der Waals surface area contributed by atoms with Gasteiger partial charge in [0, 0.05) is 18.6 Å². The normalized spacial score (nSPS) is 23.2. The van der Waals surface area contributed by atoms with E-state index in [1.807, 2.05) is 0 Å². The van der Waals surface area contributed by atoms with Gasteiger partial charge in [-0.25, -0.2) is 4.57 Å². The van der Waals surface area contributed by atoms with Crippen molar-refractivity contribution in [1.29, 1.82) is 0 Å². The minimum absolute atomic E-state index is 0.107. The minimum atomic E-state index is -3.87. The summed E-state index contributed by atoms with van der Waals surface area (Å²) in [5.74, 6) is 0.142. The van der Waals surface area contributed by atoms with Crippen LogP contribution in [0.15, 0.2) is 42.5 Å². The van der Waals surface area contributed by atoms with Crippen LogP contribution in [0.1, 0.15) is 18.1 Å². The van der Waals surface area contributed by atoms with Crippen LogP contribution in [0.5, 0.6) is 5.75 Å². The summed E-state index contributed by atoms with van der Waals surface area (Å²) in [7, 11) is -3.87. The number of benzene rings is 2. The molecule has 0 bridgehead atoms. The highest BCUT2D eigenvalue weighted by Crippen LogP contribution is 2.56. The summed E-state index contributed by atoms with van der Waals surface area (Å²) < 4.78 is 28.7. The first-order valence-corrected chi connectivity index (χ1v) is 9.40. The van der Waals surface area contributed by atoms with Gasteiger partial charge in [0.1, 0.15) is 5.75 Å². The Morgan fingerprint density at radius 1 is 1.16 bits per heavy atom. The molecular weight excluding hydrogens is 392 g/mol. The molecular formula is C15H12Cl2NO6P. The molecule has 0 radical (unpaired) electrons. The predicted octanol–water partition coefficient (Wildman–Crippen LogP) is 5.57. The zero-order chi connectivity index (χ0) is 18.0. The van der Waals surface area contributed by atoms with E-state index in [-0.39, 0.29) is 18.0 Å². The number of phosphoric ester groups is 1. The lowest BCUT2D eigenvalue weighted by Gasteiger charge is -2.29. The maximum Gasteiger partial charge on any atom is 0.530 e. The summed E-state index contributed by atoms with van der Waals surface area (Å²) in [4.78, 5) is 10.1. The number of halogens is 2. The third-order valence-electron chi connectivity index (χ3n) is 3.47. The number of non-ortho nitro benzene ring substituents is 1. The van der Waals surface area contributed by atoms with Crippen LogP contribution in [-0.2, 0) is 13.6 Å². The van der Waals surface area contributed by atoms with Crippen molar-refractivity contribution < 1.29 is 23.1 Å². The van der Waals surface area contributed by atoms with E-state index in [9.17, 15) is 14.7 Å². The van der Waals surface area contributed by atoms with Crippen LogP contribution < -0.4 is 4.52 Å². The molecule has 1 aliphatic rings. The average molecular weight is 404 g/mol.